The number of hydrogen-bond acceptors (Lipinski definition) is 3. The van der Waals surface area contributed by atoms with Crippen LogP contribution in [0.15, 0.2) is 0 Å². The van der Waals surface area contributed by atoms with Crippen LogP contribution in [0.1, 0.15) is 20.3 Å². The minimum atomic E-state index is -0.372. The topological polar surface area (TPSA) is 69.6 Å². The third-order valence-electron chi connectivity index (χ3n) is 2.75. The number of hydrogen-bond donors (Lipinski definition) is 2. The Hall–Kier alpha value is -1.10. The van der Waals surface area contributed by atoms with Crippen LogP contribution < -0.4 is 5.32 Å². The Morgan fingerprint density at radius 1 is 1.60 bits per heavy atom. The molecule has 1 fully saturated rings. The zero-order valence-electron chi connectivity index (χ0n) is 9.19. The number of nitrogens with one attached hydrogen (secondary N) is 1. The molecule has 2 amide bonds. The standard InChI is InChI=1S/C10H18N2O3/c1-7(13)9-3-4-12(6-9)10(15)5-11-8(2)14/h7,9,13H,3-6H2,1-2H3,(H,11,14). The SMILES string of the molecule is CC(=O)NCC(=O)N1CCC(C(C)O)C1. The summed E-state index contributed by atoms with van der Waals surface area (Å²) in [5, 5.41) is 11.8. The Bertz CT molecular complexity index is 253. The van der Waals surface area contributed by atoms with E-state index in [0.717, 1.165) is 6.42 Å². The van der Waals surface area contributed by atoms with E-state index in [9.17, 15) is 14.7 Å². The molecule has 1 rings (SSSR count). The zero-order valence-corrected chi connectivity index (χ0v) is 9.19. The molecule has 1 aliphatic rings. The molecule has 0 saturated carbocycles. The molecule has 86 valence electrons. The van der Waals surface area contributed by atoms with Crippen LogP contribution in [-0.4, -0.2) is 47.6 Å². The fourth-order valence-corrected chi connectivity index (χ4v) is 1.72. The van der Waals surface area contributed by atoms with Gasteiger partial charge in [0.1, 0.15) is 0 Å². The van der Waals surface area contributed by atoms with Gasteiger partial charge in [0.05, 0.1) is 12.6 Å². The van der Waals surface area contributed by atoms with Gasteiger partial charge < -0.3 is 15.3 Å². The number of rotatable bonds is 3. The molecule has 1 aliphatic heterocycles. The van der Waals surface area contributed by atoms with Gasteiger partial charge in [-0.05, 0) is 13.3 Å². The highest BCUT2D eigenvalue weighted by Gasteiger charge is 2.28. The van der Waals surface area contributed by atoms with Gasteiger partial charge >= 0.3 is 0 Å². The average Bonchev–Trinajstić information content (AvgIpc) is 2.62. The van der Waals surface area contributed by atoms with E-state index < -0.39 is 0 Å². The van der Waals surface area contributed by atoms with Crippen molar-refractivity contribution in [3.8, 4) is 0 Å². The predicted octanol–water partition coefficient (Wildman–Crippen LogP) is -0.648. The summed E-state index contributed by atoms with van der Waals surface area (Å²) in [5.41, 5.74) is 0. The van der Waals surface area contributed by atoms with Crippen LogP contribution in [0, 0.1) is 5.92 Å². The molecule has 2 N–H and O–H groups in total. The first kappa shape index (κ1) is 12.0. The van der Waals surface area contributed by atoms with E-state index in [-0.39, 0.29) is 30.4 Å². The molecule has 0 radical (unpaired) electrons. The number of carbonyl (C=O) groups is 2. The number of amides is 2. The van der Waals surface area contributed by atoms with Crippen molar-refractivity contribution < 1.29 is 14.7 Å². The summed E-state index contributed by atoms with van der Waals surface area (Å²) in [4.78, 5) is 23.8. The maximum atomic E-state index is 11.5. The van der Waals surface area contributed by atoms with E-state index in [1.165, 1.54) is 6.92 Å². The molecule has 0 aromatic heterocycles. The molecule has 2 atom stereocenters. The predicted molar refractivity (Wildman–Crippen MR) is 55.1 cm³/mol. The van der Waals surface area contributed by atoms with Crippen LogP contribution in [0.5, 0.6) is 0 Å². The lowest BCUT2D eigenvalue weighted by molar-refractivity contribution is -0.131. The molecule has 0 bridgehead atoms. The van der Waals surface area contributed by atoms with Gasteiger partial charge in [0.2, 0.25) is 11.8 Å². The monoisotopic (exact) mass is 214 g/mol. The highest BCUT2D eigenvalue weighted by atomic mass is 16.3. The quantitative estimate of drug-likeness (QED) is 0.656. The smallest absolute Gasteiger partial charge is 0.241 e. The minimum absolute atomic E-state index is 0.0574. The van der Waals surface area contributed by atoms with Crippen molar-refractivity contribution in [1.82, 2.24) is 10.2 Å². The van der Waals surface area contributed by atoms with Crippen LogP contribution >= 0.6 is 0 Å². The summed E-state index contributed by atoms with van der Waals surface area (Å²) in [7, 11) is 0. The molecule has 0 aliphatic carbocycles. The summed E-state index contributed by atoms with van der Waals surface area (Å²) < 4.78 is 0. The van der Waals surface area contributed by atoms with Gasteiger partial charge in [0.15, 0.2) is 0 Å². The molecule has 1 heterocycles. The lowest BCUT2D eigenvalue weighted by Gasteiger charge is -2.17. The Kier molecular flexibility index (Phi) is 4.08. The fraction of sp³-hybridized carbons (Fsp3) is 0.800. The van der Waals surface area contributed by atoms with Crippen LogP contribution in [-0.2, 0) is 9.59 Å². The number of nitrogens with zero attached hydrogens (tertiary/aromatic N) is 1. The van der Waals surface area contributed by atoms with Gasteiger partial charge in [-0.15, -0.1) is 0 Å². The molecule has 5 heteroatoms. The normalized spacial score (nSPS) is 22.6. The van der Waals surface area contributed by atoms with Crippen LogP contribution in [0.2, 0.25) is 0 Å². The van der Waals surface area contributed by atoms with Gasteiger partial charge in [0, 0.05) is 25.9 Å². The Morgan fingerprint density at radius 3 is 2.73 bits per heavy atom. The maximum Gasteiger partial charge on any atom is 0.241 e. The Labute approximate surface area is 89.4 Å². The Morgan fingerprint density at radius 2 is 2.27 bits per heavy atom. The second-order valence-corrected chi connectivity index (χ2v) is 4.04. The lowest BCUT2D eigenvalue weighted by Crippen LogP contribution is -2.38. The number of likely N-dealkylation sites (tertiary alicyclic amines) is 1. The zero-order chi connectivity index (χ0) is 11.4. The van der Waals surface area contributed by atoms with Crippen molar-refractivity contribution in [3.63, 3.8) is 0 Å². The van der Waals surface area contributed by atoms with Crippen LogP contribution in [0.4, 0.5) is 0 Å². The van der Waals surface area contributed by atoms with Gasteiger partial charge in [-0.1, -0.05) is 0 Å². The lowest BCUT2D eigenvalue weighted by atomic mass is 10.0. The summed E-state index contributed by atoms with van der Waals surface area (Å²) >= 11 is 0. The summed E-state index contributed by atoms with van der Waals surface area (Å²) in [6.45, 7) is 4.45. The van der Waals surface area contributed by atoms with E-state index in [1.54, 1.807) is 11.8 Å². The van der Waals surface area contributed by atoms with Gasteiger partial charge in [-0.25, -0.2) is 0 Å². The van der Waals surface area contributed by atoms with E-state index in [2.05, 4.69) is 5.32 Å². The number of aliphatic hydroxyl groups is 1. The molecular weight excluding hydrogens is 196 g/mol. The number of aliphatic hydroxyl groups excluding tert-OH is 1. The highest BCUT2D eigenvalue weighted by molar-refractivity contribution is 5.83. The van der Waals surface area contributed by atoms with Crippen molar-refractivity contribution in [3.05, 3.63) is 0 Å². The average molecular weight is 214 g/mol. The molecular formula is C10H18N2O3. The molecule has 2 unspecified atom stereocenters. The molecule has 0 spiro atoms. The minimum Gasteiger partial charge on any atom is -0.393 e. The van der Waals surface area contributed by atoms with Crippen LogP contribution in [0.25, 0.3) is 0 Å². The first-order valence-electron chi connectivity index (χ1n) is 5.21. The highest BCUT2D eigenvalue weighted by Crippen LogP contribution is 2.19. The molecule has 0 aromatic carbocycles. The molecule has 15 heavy (non-hydrogen) atoms. The number of carbonyl (C=O) groups excluding carboxylic acids is 2. The maximum absolute atomic E-state index is 11.5. The third-order valence-corrected chi connectivity index (χ3v) is 2.75. The fourth-order valence-electron chi connectivity index (χ4n) is 1.72. The Balaban J connectivity index is 2.33. The summed E-state index contributed by atoms with van der Waals surface area (Å²) in [6, 6.07) is 0. The molecule has 5 nitrogen and oxygen atoms in total. The van der Waals surface area contributed by atoms with Crippen molar-refractivity contribution in [2.24, 2.45) is 5.92 Å². The molecule has 0 aromatic rings. The van der Waals surface area contributed by atoms with Gasteiger partial charge in [0.25, 0.3) is 0 Å². The van der Waals surface area contributed by atoms with Crippen molar-refractivity contribution in [2.45, 2.75) is 26.4 Å². The van der Waals surface area contributed by atoms with E-state index >= 15 is 0 Å². The second kappa shape index (κ2) is 5.11. The summed E-state index contributed by atoms with van der Waals surface area (Å²) in [5.74, 6) is -0.103. The van der Waals surface area contributed by atoms with Crippen molar-refractivity contribution in [1.29, 1.82) is 0 Å². The second-order valence-electron chi connectivity index (χ2n) is 4.04. The molecule has 1 saturated heterocycles. The first-order chi connectivity index (χ1) is 7.00. The van der Waals surface area contributed by atoms with Crippen molar-refractivity contribution in [2.75, 3.05) is 19.6 Å². The van der Waals surface area contributed by atoms with Gasteiger partial charge in [-0.3, -0.25) is 9.59 Å². The van der Waals surface area contributed by atoms with Crippen LogP contribution in [0.3, 0.4) is 0 Å². The van der Waals surface area contributed by atoms with E-state index in [0.29, 0.717) is 13.1 Å². The third kappa shape index (κ3) is 3.51. The first-order valence-corrected chi connectivity index (χ1v) is 5.21. The summed E-state index contributed by atoms with van der Waals surface area (Å²) in [6.07, 6.45) is 0.465. The largest absolute Gasteiger partial charge is 0.393 e. The van der Waals surface area contributed by atoms with Crippen molar-refractivity contribution >= 4 is 11.8 Å². The van der Waals surface area contributed by atoms with Gasteiger partial charge in [-0.2, -0.15) is 0 Å². The van der Waals surface area contributed by atoms with E-state index in [1.807, 2.05) is 0 Å². The van der Waals surface area contributed by atoms with E-state index in [4.69, 9.17) is 0 Å².